The van der Waals surface area contributed by atoms with E-state index in [9.17, 15) is 4.39 Å². The fourth-order valence-electron chi connectivity index (χ4n) is 4.85. The lowest BCUT2D eigenvalue weighted by molar-refractivity contribution is 0.110. The minimum Gasteiger partial charge on any atom is -0.496 e. The Bertz CT molecular complexity index is 897. The Balaban J connectivity index is 0.00000119. The molecule has 0 unspecified atom stereocenters. The van der Waals surface area contributed by atoms with Crippen LogP contribution in [-0.2, 0) is 10.6 Å². The molecule has 7 heteroatoms. The van der Waals surface area contributed by atoms with Crippen LogP contribution in [0.3, 0.4) is 0 Å². The average molecular weight is 474 g/mol. The summed E-state index contributed by atoms with van der Waals surface area (Å²) in [5.74, 6) is 3.27. The van der Waals surface area contributed by atoms with Crippen molar-refractivity contribution in [1.82, 2.24) is 9.80 Å². The maximum atomic E-state index is 13.2. The second kappa shape index (κ2) is 10.5. The molecule has 0 saturated carbocycles. The molecule has 3 heterocycles. The van der Waals surface area contributed by atoms with Gasteiger partial charge in [0.25, 0.3) is 0 Å². The lowest BCUT2D eigenvalue weighted by Crippen LogP contribution is -2.52. The van der Waals surface area contributed by atoms with Gasteiger partial charge in [0.05, 0.1) is 13.8 Å². The van der Waals surface area contributed by atoms with E-state index in [2.05, 4.69) is 69.6 Å². The summed E-state index contributed by atoms with van der Waals surface area (Å²) in [5.41, 5.74) is 3.94. The Hall–Kier alpha value is -1.67. The number of piperazine rings is 1. The Morgan fingerprint density at radius 1 is 0.969 bits per heavy atom. The van der Waals surface area contributed by atoms with Crippen LogP contribution in [0.4, 0.5) is 10.1 Å². The summed E-state index contributed by atoms with van der Waals surface area (Å²) in [6.07, 6.45) is 0. The SMILES string of the molecule is C=C.COc1cccc2c1C1(CN(CN3CCN(c4ccc(F)cc4)CC3)C2)SCCS1. The lowest BCUT2D eigenvalue weighted by atomic mass is 9.97. The number of hydrogen-bond donors (Lipinski definition) is 0. The van der Waals surface area contributed by atoms with Gasteiger partial charge in [-0.05, 0) is 35.9 Å². The average Bonchev–Trinajstić information content (AvgIpc) is 3.29. The molecule has 0 amide bonds. The van der Waals surface area contributed by atoms with Crippen LogP contribution in [0.2, 0.25) is 0 Å². The van der Waals surface area contributed by atoms with Crippen molar-refractivity contribution in [3.63, 3.8) is 0 Å². The second-order valence-corrected chi connectivity index (χ2v) is 11.2. The Morgan fingerprint density at radius 2 is 1.66 bits per heavy atom. The molecule has 0 bridgehead atoms. The van der Waals surface area contributed by atoms with Gasteiger partial charge < -0.3 is 9.64 Å². The number of anilines is 1. The molecule has 5 rings (SSSR count). The van der Waals surface area contributed by atoms with Gasteiger partial charge in [0.1, 0.15) is 15.6 Å². The Kier molecular flexibility index (Phi) is 7.71. The number of benzene rings is 2. The van der Waals surface area contributed by atoms with E-state index in [-0.39, 0.29) is 9.90 Å². The van der Waals surface area contributed by atoms with Crippen molar-refractivity contribution in [2.45, 2.75) is 10.6 Å². The van der Waals surface area contributed by atoms with E-state index in [1.807, 2.05) is 12.1 Å². The molecule has 0 aliphatic carbocycles. The third-order valence-electron chi connectivity index (χ3n) is 6.26. The molecule has 2 aromatic carbocycles. The van der Waals surface area contributed by atoms with Gasteiger partial charge in [-0.25, -0.2) is 4.39 Å². The van der Waals surface area contributed by atoms with E-state index in [1.54, 1.807) is 19.2 Å². The summed E-state index contributed by atoms with van der Waals surface area (Å²) in [6, 6.07) is 13.4. The van der Waals surface area contributed by atoms with Gasteiger partial charge in [-0.15, -0.1) is 36.7 Å². The van der Waals surface area contributed by atoms with Gasteiger partial charge in [-0.3, -0.25) is 9.80 Å². The largest absolute Gasteiger partial charge is 0.496 e. The molecule has 2 aromatic rings. The normalized spacial score (nSPS) is 20.5. The van der Waals surface area contributed by atoms with Crippen LogP contribution in [0.15, 0.2) is 55.6 Å². The minimum atomic E-state index is -0.170. The number of rotatable bonds is 4. The van der Waals surface area contributed by atoms with Crippen LogP contribution in [0.25, 0.3) is 0 Å². The number of thioether (sulfide) groups is 2. The summed E-state index contributed by atoms with van der Waals surface area (Å²) in [4.78, 5) is 7.53. The van der Waals surface area contributed by atoms with Crippen LogP contribution in [0.1, 0.15) is 11.1 Å². The predicted octanol–water partition coefficient (Wildman–Crippen LogP) is 4.86. The van der Waals surface area contributed by atoms with Gasteiger partial charge in [-0.2, -0.15) is 0 Å². The zero-order valence-electron chi connectivity index (χ0n) is 18.8. The molecule has 4 nitrogen and oxygen atoms in total. The zero-order valence-corrected chi connectivity index (χ0v) is 20.4. The first-order valence-electron chi connectivity index (χ1n) is 11.1. The molecule has 1 spiro atoms. The molecule has 0 atom stereocenters. The highest BCUT2D eigenvalue weighted by molar-refractivity contribution is 8.20. The number of nitrogens with zero attached hydrogens (tertiary/aromatic N) is 3. The maximum absolute atomic E-state index is 13.2. The monoisotopic (exact) mass is 473 g/mol. The lowest BCUT2D eigenvalue weighted by Gasteiger charge is -2.44. The van der Waals surface area contributed by atoms with Crippen molar-refractivity contribution < 1.29 is 9.13 Å². The van der Waals surface area contributed by atoms with E-state index in [4.69, 9.17) is 4.74 Å². The molecule has 2 fully saturated rings. The summed E-state index contributed by atoms with van der Waals surface area (Å²) in [7, 11) is 1.79. The first kappa shape index (κ1) is 23.5. The van der Waals surface area contributed by atoms with Gasteiger partial charge in [0, 0.05) is 62.0 Å². The molecule has 0 N–H and O–H groups in total. The molecular formula is C25H32FN3OS2. The first-order chi connectivity index (χ1) is 15.7. The second-order valence-electron chi connectivity index (χ2n) is 8.15. The van der Waals surface area contributed by atoms with Crippen molar-refractivity contribution >= 4 is 29.2 Å². The Morgan fingerprint density at radius 3 is 2.31 bits per heavy atom. The standard InChI is InChI=1S/C23H28FN3OS2.C2H4/c1-28-21-4-2-3-18-15-26(16-23(22(18)21)29-13-14-30-23)17-25-9-11-27(12-10-25)20-7-5-19(24)6-8-20;1-2/h2-8H,9-17H2,1H3;1-2H2. The van der Waals surface area contributed by atoms with Crippen LogP contribution < -0.4 is 9.64 Å². The molecular weight excluding hydrogens is 441 g/mol. The fourth-order valence-corrected chi connectivity index (χ4v) is 8.31. The van der Waals surface area contributed by atoms with E-state index in [0.29, 0.717) is 0 Å². The minimum absolute atomic E-state index is 0.0934. The summed E-state index contributed by atoms with van der Waals surface area (Å²) in [5, 5.41) is 0. The summed E-state index contributed by atoms with van der Waals surface area (Å²) < 4.78 is 19.1. The van der Waals surface area contributed by atoms with E-state index in [1.165, 1.54) is 22.6 Å². The highest BCUT2D eigenvalue weighted by Gasteiger charge is 2.45. The van der Waals surface area contributed by atoms with Gasteiger partial charge >= 0.3 is 0 Å². The highest BCUT2D eigenvalue weighted by atomic mass is 32.2. The smallest absolute Gasteiger partial charge is 0.124 e. The van der Waals surface area contributed by atoms with Crippen molar-refractivity contribution in [3.05, 3.63) is 72.6 Å². The van der Waals surface area contributed by atoms with Crippen molar-refractivity contribution in [3.8, 4) is 5.75 Å². The van der Waals surface area contributed by atoms with Crippen LogP contribution in [-0.4, -0.2) is 67.8 Å². The van der Waals surface area contributed by atoms with E-state index in [0.717, 1.165) is 57.4 Å². The molecule has 3 aliphatic heterocycles. The summed E-state index contributed by atoms with van der Waals surface area (Å²) in [6.45, 7) is 13.1. The van der Waals surface area contributed by atoms with E-state index >= 15 is 0 Å². The fraction of sp³-hybridized carbons (Fsp3) is 0.440. The molecule has 32 heavy (non-hydrogen) atoms. The van der Waals surface area contributed by atoms with Crippen LogP contribution >= 0.6 is 23.5 Å². The van der Waals surface area contributed by atoms with Gasteiger partial charge in [0.15, 0.2) is 0 Å². The molecule has 3 aliphatic rings. The zero-order chi connectivity index (χ0) is 22.6. The molecule has 172 valence electrons. The van der Waals surface area contributed by atoms with Gasteiger partial charge in [-0.1, -0.05) is 12.1 Å². The van der Waals surface area contributed by atoms with Crippen molar-refractivity contribution in [1.29, 1.82) is 0 Å². The number of ether oxygens (including phenoxy) is 1. The van der Waals surface area contributed by atoms with Gasteiger partial charge in [0.2, 0.25) is 0 Å². The molecule has 0 aromatic heterocycles. The van der Waals surface area contributed by atoms with Crippen molar-refractivity contribution in [2.24, 2.45) is 0 Å². The van der Waals surface area contributed by atoms with Crippen LogP contribution in [0.5, 0.6) is 5.75 Å². The Labute approximate surface area is 199 Å². The predicted molar refractivity (Wildman–Crippen MR) is 136 cm³/mol. The van der Waals surface area contributed by atoms with Crippen molar-refractivity contribution in [2.75, 3.05) is 62.9 Å². The molecule has 0 radical (unpaired) electrons. The van der Waals surface area contributed by atoms with Crippen LogP contribution in [0, 0.1) is 5.82 Å². The quantitative estimate of drug-likeness (QED) is 0.586. The highest BCUT2D eigenvalue weighted by Crippen LogP contribution is 2.57. The third-order valence-corrected chi connectivity index (χ3v) is 9.64. The summed E-state index contributed by atoms with van der Waals surface area (Å²) >= 11 is 4.17. The number of methoxy groups -OCH3 is 1. The van der Waals surface area contributed by atoms with E-state index < -0.39 is 0 Å². The molecule has 2 saturated heterocycles. The third kappa shape index (κ3) is 4.81. The number of fused-ring (bicyclic) bond motifs is 2. The maximum Gasteiger partial charge on any atom is 0.124 e. The first-order valence-corrected chi connectivity index (χ1v) is 13.0. The topological polar surface area (TPSA) is 19.0 Å². The number of halogens is 1. The number of hydrogen-bond acceptors (Lipinski definition) is 6.